The van der Waals surface area contributed by atoms with E-state index in [2.05, 4.69) is 40.3 Å². The van der Waals surface area contributed by atoms with Crippen LogP contribution in [0.3, 0.4) is 0 Å². The molecule has 0 bridgehead atoms. The molecular weight excluding hydrogens is 264 g/mol. The molecule has 0 heterocycles. The molecule has 0 spiro atoms. The van der Waals surface area contributed by atoms with Gasteiger partial charge in [0.1, 0.15) is 0 Å². The fourth-order valence-electron chi connectivity index (χ4n) is 2.25. The second-order valence-corrected chi connectivity index (χ2v) is 5.18. The number of nitrogens with zero attached hydrogens (tertiary/aromatic N) is 1. The predicted molar refractivity (Wildman–Crippen MR) is 69.2 cm³/mol. The normalized spacial score (nSPS) is 24.1. The Morgan fingerprint density at radius 3 is 3.00 bits per heavy atom. The molecule has 2 rings (SSSR count). The third-order valence-electron chi connectivity index (χ3n) is 3.29. The highest BCUT2D eigenvalue weighted by Gasteiger charge is 2.27. The molecule has 1 aromatic carbocycles. The van der Waals surface area contributed by atoms with Crippen molar-refractivity contribution in [2.75, 3.05) is 5.32 Å². The van der Waals surface area contributed by atoms with E-state index >= 15 is 0 Å². The van der Waals surface area contributed by atoms with Crippen molar-refractivity contribution in [2.45, 2.75) is 32.2 Å². The molecule has 0 aliphatic heterocycles. The summed E-state index contributed by atoms with van der Waals surface area (Å²) in [4.78, 5) is 0. The van der Waals surface area contributed by atoms with Crippen LogP contribution in [0.1, 0.15) is 24.8 Å². The van der Waals surface area contributed by atoms with Crippen molar-refractivity contribution in [1.82, 2.24) is 0 Å². The van der Waals surface area contributed by atoms with Gasteiger partial charge < -0.3 is 5.32 Å². The van der Waals surface area contributed by atoms with Gasteiger partial charge in [-0.15, -0.1) is 0 Å². The van der Waals surface area contributed by atoms with Crippen molar-refractivity contribution in [1.29, 1.82) is 5.26 Å². The van der Waals surface area contributed by atoms with Gasteiger partial charge >= 0.3 is 0 Å². The number of benzene rings is 1. The molecule has 0 radical (unpaired) electrons. The zero-order valence-electron chi connectivity index (χ0n) is 9.33. The molecule has 0 amide bonds. The van der Waals surface area contributed by atoms with Crippen molar-refractivity contribution in [3.63, 3.8) is 0 Å². The van der Waals surface area contributed by atoms with Crippen LogP contribution in [0.4, 0.5) is 5.69 Å². The van der Waals surface area contributed by atoms with Gasteiger partial charge in [0.05, 0.1) is 12.0 Å². The molecule has 1 saturated carbocycles. The van der Waals surface area contributed by atoms with Gasteiger partial charge in [0.25, 0.3) is 0 Å². The van der Waals surface area contributed by atoms with Gasteiger partial charge in [-0.25, -0.2) is 0 Å². The molecule has 2 unspecified atom stereocenters. The molecule has 1 aromatic rings. The van der Waals surface area contributed by atoms with Crippen LogP contribution in [0.2, 0.25) is 0 Å². The molecule has 1 N–H and O–H groups in total. The number of nitriles is 1. The molecule has 16 heavy (non-hydrogen) atoms. The lowest BCUT2D eigenvalue weighted by atomic mass is 10.0. The zero-order valence-corrected chi connectivity index (χ0v) is 10.9. The first-order valence-electron chi connectivity index (χ1n) is 5.63. The lowest BCUT2D eigenvalue weighted by molar-refractivity contribution is 0.629. The molecule has 2 atom stereocenters. The lowest BCUT2D eigenvalue weighted by Gasteiger charge is -2.19. The van der Waals surface area contributed by atoms with Crippen molar-refractivity contribution < 1.29 is 0 Å². The predicted octanol–water partition coefficient (Wildman–Crippen LogP) is 3.86. The largest absolute Gasteiger partial charge is 0.381 e. The molecule has 1 aliphatic carbocycles. The van der Waals surface area contributed by atoms with Crippen LogP contribution in [-0.2, 0) is 0 Å². The fraction of sp³-hybridized carbons (Fsp3) is 0.462. The molecular formula is C13H15BrN2. The third-order valence-corrected chi connectivity index (χ3v) is 4.15. The summed E-state index contributed by atoms with van der Waals surface area (Å²) < 4.78 is 1.11. The summed E-state index contributed by atoms with van der Waals surface area (Å²) in [5.74, 6) is 0.165. The van der Waals surface area contributed by atoms with E-state index in [0.717, 1.165) is 29.4 Å². The first kappa shape index (κ1) is 11.5. The van der Waals surface area contributed by atoms with Crippen molar-refractivity contribution in [3.8, 4) is 6.07 Å². The van der Waals surface area contributed by atoms with Gasteiger partial charge in [-0.05, 0) is 43.9 Å². The van der Waals surface area contributed by atoms with Crippen LogP contribution in [0.5, 0.6) is 0 Å². The summed E-state index contributed by atoms with van der Waals surface area (Å²) in [7, 11) is 0. The number of hydrogen-bond acceptors (Lipinski definition) is 2. The van der Waals surface area contributed by atoms with E-state index in [0.29, 0.717) is 6.04 Å². The number of rotatable bonds is 2. The highest BCUT2D eigenvalue weighted by atomic mass is 79.9. The van der Waals surface area contributed by atoms with Crippen LogP contribution in [-0.4, -0.2) is 6.04 Å². The minimum atomic E-state index is 0.165. The molecule has 1 fully saturated rings. The van der Waals surface area contributed by atoms with Gasteiger partial charge in [0, 0.05) is 16.2 Å². The van der Waals surface area contributed by atoms with E-state index in [1.807, 2.05) is 12.1 Å². The van der Waals surface area contributed by atoms with E-state index in [1.165, 1.54) is 5.56 Å². The Kier molecular flexibility index (Phi) is 3.50. The first-order valence-corrected chi connectivity index (χ1v) is 6.43. The highest BCUT2D eigenvalue weighted by molar-refractivity contribution is 9.10. The maximum absolute atomic E-state index is 9.04. The number of anilines is 1. The van der Waals surface area contributed by atoms with Crippen LogP contribution in [0.15, 0.2) is 22.7 Å². The second-order valence-electron chi connectivity index (χ2n) is 4.33. The average molecular weight is 279 g/mol. The Balaban J connectivity index is 2.15. The summed E-state index contributed by atoms with van der Waals surface area (Å²) in [5.41, 5.74) is 2.35. The highest BCUT2D eigenvalue weighted by Crippen LogP contribution is 2.30. The fourth-order valence-corrected chi connectivity index (χ4v) is 2.62. The number of nitrogens with one attached hydrogen (secondary N) is 1. The molecule has 3 heteroatoms. The monoisotopic (exact) mass is 278 g/mol. The topological polar surface area (TPSA) is 35.8 Å². The van der Waals surface area contributed by atoms with Crippen LogP contribution >= 0.6 is 15.9 Å². The second kappa shape index (κ2) is 4.88. The van der Waals surface area contributed by atoms with E-state index < -0.39 is 0 Å². The first-order chi connectivity index (χ1) is 7.72. The van der Waals surface area contributed by atoms with Gasteiger partial charge in [0.2, 0.25) is 0 Å². The lowest BCUT2D eigenvalue weighted by Crippen LogP contribution is -2.23. The van der Waals surface area contributed by atoms with E-state index in [9.17, 15) is 0 Å². The van der Waals surface area contributed by atoms with Gasteiger partial charge in [0.15, 0.2) is 0 Å². The van der Waals surface area contributed by atoms with Crippen LogP contribution < -0.4 is 5.32 Å². The minimum absolute atomic E-state index is 0.165. The molecule has 2 nitrogen and oxygen atoms in total. The van der Waals surface area contributed by atoms with E-state index in [-0.39, 0.29) is 5.92 Å². The average Bonchev–Trinajstić information content (AvgIpc) is 2.72. The summed E-state index contributed by atoms with van der Waals surface area (Å²) in [6, 6.07) is 8.85. The van der Waals surface area contributed by atoms with Gasteiger partial charge in [-0.2, -0.15) is 5.26 Å². The van der Waals surface area contributed by atoms with Crippen molar-refractivity contribution in [2.24, 2.45) is 5.92 Å². The van der Waals surface area contributed by atoms with Gasteiger partial charge in [-0.1, -0.05) is 22.0 Å². The van der Waals surface area contributed by atoms with Gasteiger partial charge in [-0.3, -0.25) is 0 Å². The van der Waals surface area contributed by atoms with Crippen molar-refractivity contribution in [3.05, 3.63) is 28.2 Å². The maximum atomic E-state index is 9.04. The Morgan fingerprint density at radius 1 is 1.44 bits per heavy atom. The molecule has 0 saturated heterocycles. The smallest absolute Gasteiger partial charge is 0.0677 e. The number of halogens is 1. The maximum Gasteiger partial charge on any atom is 0.0677 e. The Hall–Kier alpha value is -1.01. The molecule has 0 aromatic heterocycles. The third kappa shape index (κ3) is 2.22. The summed E-state index contributed by atoms with van der Waals surface area (Å²) in [5, 5.41) is 12.5. The minimum Gasteiger partial charge on any atom is -0.381 e. The Bertz CT molecular complexity index is 422. The number of hydrogen-bond donors (Lipinski definition) is 1. The molecule has 84 valence electrons. The van der Waals surface area contributed by atoms with Crippen LogP contribution in [0, 0.1) is 24.2 Å². The summed E-state index contributed by atoms with van der Waals surface area (Å²) in [6.45, 7) is 2.09. The Morgan fingerprint density at radius 2 is 2.25 bits per heavy atom. The van der Waals surface area contributed by atoms with E-state index in [4.69, 9.17) is 5.26 Å². The molecule has 1 aliphatic rings. The van der Waals surface area contributed by atoms with Crippen molar-refractivity contribution >= 4 is 21.6 Å². The zero-order chi connectivity index (χ0) is 11.5. The summed E-state index contributed by atoms with van der Waals surface area (Å²) in [6.07, 6.45) is 3.29. The Labute approximate surface area is 105 Å². The summed E-state index contributed by atoms with van der Waals surface area (Å²) >= 11 is 3.52. The standard InChI is InChI=1S/C13H15BrN2/c1-9-11(14)5-3-6-12(9)16-13-7-2-4-10(13)8-15/h3,5-6,10,13,16H,2,4,7H2,1H3. The SMILES string of the molecule is Cc1c(Br)cccc1NC1CCCC1C#N. The van der Waals surface area contributed by atoms with E-state index in [1.54, 1.807) is 0 Å². The van der Waals surface area contributed by atoms with Crippen LogP contribution in [0.25, 0.3) is 0 Å². The quantitative estimate of drug-likeness (QED) is 0.892.